The largest absolute Gasteiger partial charge is 0.492 e. The van der Waals surface area contributed by atoms with Crippen molar-refractivity contribution in [1.29, 1.82) is 0 Å². The van der Waals surface area contributed by atoms with Crippen molar-refractivity contribution in [3.05, 3.63) is 65.2 Å². The monoisotopic (exact) mass is 337 g/mol. The summed E-state index contributed by atoms with van der Waals surface area (Å²) in [6.07, 6.45) is 0.630. The van der Waals surface area contributed by atoms with Crippen LogP contribution in [0.15, 0.2) is 48.5 Å². The molecule has 2 atom stereocenters. The maximum absolute atomic E-state index is 13.0. The lowest BCUT2D eigenvalue weighted by molar-refractivity contribution is -0.143. The predicted molar refractivity (Wildman–Crippen MR) is 91.4 cm³/mol. The van der Waals surface area contributed by atoms with Gasteiger partial charge in [-0.25, -0.2) is 0 Å². The van der Waals surface area contributed by atoms with E-state index in [1.165, 1.54) is 0 Å². The molecule has 2 aromatic rings. The molecule has 2 aliphatic heterocycles. The number of ether oxygens (including phenoxy) is 1. The number of carbonyl (C=O) groups excluding carboxylic acids is 1. The van der Waals surface area contributed by atoms with E-state index in [2.05, 4.69) is 0 Å². The minimum absolute atomic E-state index is 0.0322. The first kappa shape index (κ1) is 15.7. The Labute approximate surface area is 145 Å². The first-order valence-electron chi connectivity index (χ1n) is 8.43. The van der Waals surface area contributed by atoms with Crippen LogP contribution >= 0.6 is 0 Å². The number of hydrogen-bond donors (Lipinski definition) is 1. The summed E-state index contributed by atoms with van der Waals surface area (Å²) in [7, 11) is 0. The summed E-state index contributed by atoms with van der Waals surface area (Å²) in [6, 6.07) is 15.2. The second-order valence-electron chi connectivity index (χ2n) is 6.63. The topological polar surface area (TPSA) is 66.8 Å². The van der Waals surface area contributed by atoms with E-state index in [-0.39, 0.29) is 18.4 Å². The maximum Gasteiger partial charge on any atom is 0.312 e. The van der Waals surface area contributed by atoms with Gasteiger partial charge in [0.15, 0.2) is 0 Å². The molecule has 5 nitrogen and oxygen atoms in total. The number of carboxylic acid groups (broad SMARTS) is 1. The molecule has 4 rings (SSSR count). The first-order chi connectivity index (χ1) is 12.1. The molecule has 0 fully saturated rings. The summed E-state index contributed by atoms with van der Waals surface area (Å²) in [5.41, 5.74) is 2.75. The van der Waals surface area contributed by atoms with E-state index in [4.69, 9.17) is 4.74 Å². The number of rotatable bonds is 2. The van der Waals surface area contributed by atoms with Crippen molar-refractivity contribution < 1.29 is 19.4 Å². The first-order valence-corrected chi connectivity index (χ1v) is 8.43. The van der Waals surface area contributed by atoms with Crippen LogP contribution in [-0.2, 0) is 22.6 Å². The normalized spacial score (nSPS) is 21.7. The van der Waals surface area contributed by atoms with E-state index in [1.807, 2.05) is 48.5 Å². The zero-order valence-electron chi connectivity index (χ0n) is 13.7. The van der Waals surface area contributed by atoms with Crippen molar-refractivity contribution >= 4 is 11.9 Å². The molecule has 0 radical (unpaired) electrons. The number of hydrogen-bond acceptors (Lipinski definition) is 3. The average Bonchev–Trinajstić information content (AvgIpc) is 2.66. The SMILES string of the molecule is O=C(O)C1CN(C(=O)C2COc3ccccc3C2)Cc2ccccc21. The molecule has 0 saturated carbocycles. The molecule has 5 heteroatoms. The Morgan fingerprint density at radius 3 is 2.56 bits per heavy atom. The van der Waals surface area contributed by atoms with E-state index in [0.717, 1.165) is 22.4 Å². The minimum Gasteiger partial charge on any atom is -0.492 e. The number of carbonyl (C=O) groups is 2. The van der Waals surface area contributed by atoms with Gasteiger partial charge < -0.3 is 14.7 Å². The standard InChI is InChI=1S/C20H19NO4/c22-19(15-9-13-5-2-4-8-18(13)25-12-15)21-10-14-6-1-3-7-16(14)17(11-21)20(23)24/h1-8,15,17H,9-12H2,(H,23,24). The third-order valence-electron chi connectivity index (χ3n) is 5.03. The molecular formula is C20H19NO4. The van der Waals surface area contributed by atoms with Crippen molar-refractivity contribution in [2.45, 2.75) is 18.9 Å². The molecule has 1 amide bonds. The highest BCUT2D eigenvalue weighted by Gasteiger charge is 2.36. The number of para-hydroxylation sites is 1. The lowest BCUT2D eigenvalue weighted by Crippen LogP contribution is -2.45. The lowest BCUT2D eigenvalue weighted by atomic mass is 9.88. The second-order valence-corrected chi connectivity index (χ2v) is 6.63. The van der Waals surface area contributed by atoms with E-state index in [9.17, 15) is 14.7 Å². The number of fused-ring (bicyclic) bond motifs is 2. The Morgan fingerprint density at radius 2 is 1.76 bits per heavy atom. The molecule has 0 aromatic heterocycles. The van der Waals surface area contributed by atoms with Crippen LogP contribution < -0.4 is 4.74 Å². The fourth-order valence-electron chi connectivity index (χ4n) is 3.73. The molecule has 0 spiro atoms. The van der Waals surface area contributed by atoms with Crippen molar-refractivity contribution in [2.75, 3.05) is 13.2 Å². The number of benzene rings is 2. The number of aliphatic carboxylic acids is 1. The zero-order chi connectivity index (χ0) is 17.4. The quantitative estimate of drug-likeness (QED) is 0.914. The van der Waals surface area contributed by atoms with E-state index >= 15 is 0 Å². The molecule has 2 aromatic carbocycles. The fourth-order valence-corrected chi connectivity index (χ4v) is 3.73. The van der Waals surface area contributed by atoms with Crippen molar-refractivity contribution in [3.8, 4) is 5.75 Å². The number of carboxylic acids is 1. The van der Waals surface area contributed by atoms with Gasteiger partial charge in [0.25, 0.3) is 0 Å². The molecule has 0 aliphatic carbocycles. The van der Waals surface area contributed by atoms with Crippen molar-refractivity contribution in [2.24, 2.45) is 5.92 Å². The van der Waals surface area contributed by atoms with E-state index < -0.39 is 11.9 Å². The predicted octanol–water partition coefficient (Wildman–Crippen LogP) is 2.45. The lowest BCUT2D eigenvalue weighted by Gasteiger charge is -2.36. The molecule has 25 heavy (non-hydrogen) atoms. The van der Waals surface area contributed by atoms with Crippen LogP contribution in [0.25, 0.3) is 0 Å². The van der Waals surface area contributed by atoms with Gasteiger partial charge in [0, 0.05) is 13.1 Å². The highest BCUT2D eigenvalue weighted by molar-refractivity contribution is 5.83. The molecular weight excluding hydrogens is 318 g/mol. The number of amides is 1. The maximum atomic E-state index is 13.0. The van der Waals surface area contributed by atoms with Crippen molar-refractivity contribution in [3.63, 3.8) is 0 Å². The molecule has 1 N–H and O–H groups in total. The molecule has 0 bridgehead atoms. The highest BCUT2D eigenvalue weighted by Crippen LogP contribution is 2.32. The Hall–Kier alpha value is -2.82. The Morgan fingerprint density at radius 1 is 1.04 bits per heavy atom. The van der Waals surface area contributed by atoms with E-state index in [0.29, 0.717) is 19.6 Å². The molecule has 128 valence electrons. The van der Waals surface area contributed by atoms with Crippen LogP contribution in [-0.4, -0.2) is 35.0 Å². The van der Waals surface area contributed by atoms with Crippen LogP contribution in [0.5, 0.6) is 5.75 Å². The Bertz CT molecular complexity index is 832. The van der Waals surface area contributed by atoms with Gasteiger partial charge >= 0.3 is 5.97 Å². The van der Waals surface area contributed by atoms with Gasteiger partial charge in [-0.1, -0.05) is 42.5 Å². The van der Waals surface area contributed by atoms with Crippen LogP contribution in [0.1, 0.15) is 22.6 Å². The molecule has 2 aliphatic rings. The van der Waals surface area contributed by atoms with Crippen LogP contribution in [0.2, 0.25) is 0 Å². The summed E-state index contributed by atoms with van der Waals surface area (Å²) in [6.45, 7) is 1.01. The van der Waals surface area contributed by atoms with Gasteiger partial charge in [-0.05, 0) is 29.2 Å². The molecule has 2 unspecified atom stereocenters. The van der Waals surface area contributed by atoms with Gasteiger partial charge in [-0.3, -0.25) is 9.59 Å². The van der Waals surface area contributed by atoms with Gasteiger partial charge in [-0.15, -0.1) is 0 Å². The smallest absolute Gasteiger partial charge is 0.312 e. The molecule has 0 saturated heterocycles. The van der Waals surface area contributed by atoms with Gasteiger partial charge in [0.05, 0.1) is 11.8 Å². The third kappa shape index (κ3) is 2.86. The average molecular weight is 337 g/mol. The van der Waals surface area contributed by atoms with E-state index in [1.54, 1.807) is 4.90 Å². The second kappa shape index (κ2) is 6.24. The zero-order valence-corrected chi connectivity index (χ0v) is 13.7. The van der Waals surface area contributed by atoms with Gasteiger partial charge in [0.2, 0.25) is 5.91 Å². The Kier molecular flexibility index (Phi) is 3.92. The third-order valence-corrected chi connectivity index (χ3v) is 5.03. The minimum atomic E-state index is -0.893. The summed E-state index contributed by atoms with van der Waals surface area (Å²) in [5.74, 6) is -1.04. The van der Waals surface area contributed by atoms with Gasteiger partial charge in [0.1, 0.15) is 12.4 Å². The number of nitrogens with zero attached hydrogens (tertiary/aromatic N) is 1. The molecule has 2 heterocycles. The highest BCUT2D eigenvalue weighted by atomic mass is 16.5. The summed E-state index contributed by atoms with van der Waals surface area (Å²) in [5, 5.41) is 9.56. The van der Waals surface area contributed by atoms with Crippen LogP contribution in [0.3, 0.4) is 0 Å². The van der Waals surface area contributed by atoms with Crippen LogP contribution in [0.4, 0.5) is 0 Å². The summed E-state index contributed by atoms with van der Waals surface area (Å²) in [4.78, 5) is 26.3. The van der Waals surface area contributed by atoms with Crippen LogP contribution in [0, 0.1) is 5.92 Å². The summed E-state index contributed by atoms with van der Waals surface area (Å²) >= 11 is 0. The van der Waals surface area contributed by atoms with Crippen molar-refractivity contribution in [1.82, 2.24) is 4.90 Å². The fraction of sp³-hybridized carbons (Fsp3) is 0.300. The summed E-state index contributed by atoms with van der Waals surface area (Å²) < 4.78 is 5.73. The van der Waals surface area contributed by atoms with Gasteiger partial charge in [-0.2, -0.15) is 0 Å². The Balaban J connectivity index is 1.56.